The Bertz CT molecular complexity index is 906. The number of carbonyl (C=O) groups excluding carboxylic acids is 1. The number of nitrogens with zero attached hydrogens (tertiary/aromatic N) is 1. The SMILES string of the molecule is CCC(NC(=O)CN(c1ccccc1C(C)C)S(C)(=O)=O)c1ccc(C)cc1. The van der Waals surface area contributed by atoms with Crippen molar-refractivity contribution in [3.63, 3.8) is 0 Å². The van der Waals surface area contributed by atoms with Gasteiger partial charge >= 0.3 is 0 Å². The van der Waals surface area contributed by atoms with Crippen molar-refractivity contribution in [3.8, 4) is 0 Å². The van der Waals surface area contributed by atoms with E-state index in [0.29, 0.717) is 5.69 Å². The molecule has 0 spiro atoms. The van der Waals surface area contributed by atoms with E-state index in [1.54, 1.807) is 12.1 Å². The van der Waals surface area contributed by atoms with E-state index >= 15 is 0 Å². The van der Waals surface area contributed by atoms with E-state index in [-0.39, 0.29) is 24.4 Å². The number of rotatable bonds is 8. The summed E-state index contributed by atoms with van der Waals surface area (Å²) >= 11 is 0. The second-order valence-electron chi connectivity index (χ2n) is 7.42. The number of amides is 1. The number of hydrogen-bond acceptors (Lipinski definition) is 3. The van der Waals surface area contributed by atoms with Crippen LogP contribution in [-0.4, -0.2) is 27.1 Å². The Hall–Kier alpha value is -2.34. The van der Waals surface area contributed by atoms with Crippen LogP contribution in [-0.2, 0) is 14.8 Å². The summed E-state index contributed by atoms with van der Waals surface area (Å²) in [4.78, 5) is 12.7. The maximum atomic E-state index is 12.7. The first-order chi connectivity index (χ1) is 13.1. The number of anilines is 1. The summed E-state index contributed by atoms with van der Waals surface area (Å²) in [6, 6.07) is 15.2. The molecule has 1 amide bonds. The number of nitrogens with one attached hydrogen (secondary N) is 1. The van der Waals surface area contributed by atoms with Gasteiger partial charge in [-0.25, -0.2) is 8.42 Å². The van der Waals surface area contributed by atoms with Crippen LogP contribution >= 0.6 is 0 Å². The van der Waals surface area contributed by atoms with Gasteiger partial charge in [0.15, 0.2) is 0 Å². The molecule has 0 fully saturated rings. The van der Waals surface area contributed by atoms with Crippen molar-refractivity contribution in [2.45, 2.75) is 46.1 Å². The van der Waals surface area contributed by atoms with Gasteiger partial charge in [-0.1, -0.05) is 68.8 Å². The topological polar surface area (TPSA) is 66.5 Å². The second kappa shape index (κ2) is 9.24. The maximum Gasteiger partial charge on any atom is 0.241 e. The molecule has 0 aliphatic heterocycles. The summed E-state index contributed by atoms with van der Waals surface area (Å²) in [6.07, 6.45) is 1.85. The molecule has 1 unspecified atom stereocenters. The number of para-hydroxylation sites is 1. The molecule has 1 atom stereocenters. The van der Waals surface area contributed by atoms with E-state index in [9.17, 15) is 13.2 Å². The molecule has 0 radical (unpaired) electrons. The smallest absolute Gasteiger partial charge is 0.241 e. The molecule has 0 aliphatic carbocycles. The molecule has 152 valence electrons. The molecule has 2 rings (SSSR count). The summed E-state index contributed by atoms with van der Waals surface area (Å²) in [5, 5.41) is 2.98. The molecule has 2 aromatic carbocycles. The standard InChI is InChI=1S/C22H30N2O3S/c1-6-20(18-13-11-17(4)12-14-18)23-22(25)15-24(28(5,26)27)21-10-8-7-9-19(21)16(2)3/h7-14,16,20H,6,15H2,1-5H3,(H,23,25). The lowest BCUT2D eigenvalue weighted by Gasteiger charge is -2.27. The third-order valence-corrected chi connectivity index (χ3v) is 5.86. The van der Waals surface area contributed by atoms with E-state index in [2.05, 4.69) is 5.32 Å². The molecule has 0 heterocycles. The third kappa shape index (κ3) is 5.58. The Morgan fingerprint density at radius 3 is 2.21 bits per heavy atom. The Kier molecular flexibility index (Phi) is 7.24. The first-order valence-corrected chi connectivity index (χ1v) is 11.4. The van der Waals surface area contributed by atoms with Gasteiger partial charge in [0.2, 0.25) is 15.9 Å². The van der Waals surface area contributed by atoms with Gasteiger partial charge in [0, 0.05) is 0 Å². The fraction of sp³-hybridized carbons (Fsp3) is 0.409. The molecular formula is C22H30N2O3S. The van der Waals surface area contributed by atoms with Crippen LogP contribution in [0.15, 0.2) is 48.5 Å². The molecule has 28 heavy (non-hydrogen) atoms. The van der Waals surface area contributed by atoms with Crippen molar-refractivity contribution in [1.82, 2.24) is 5.32 Å². The van der Waals surface area contributed by atoms with Crippen LogP contribution in [0, 0.1) is 6.92 Å². The molecule has 2 aromatic rings. The number of carbonyl (C=O) groups is 1. The monoisotopic (exact) mass is 402 g/mol. The van der Waals surface area contributed by atoms with Gasteiger partial charge < -0.3 is 5.32 Å². The van der Waals surface area contributed by atoms with Crippen molar-refractivity contribution in [2.24, 2.45) is 0 Å². The zero-order valence-corrected chi connectivity index (χ0v) is 18.1. The van der Waals surface area contributed by atoms with Crippen molar-refractivity contribution < 1.29 is 13.2 Å². The summed E-state index contributed by atoms with van der Waals surface area (Å²) in [5.41, 5.74) is 3.61. The Labute approximate surface area is 168 Å². The van der Waals surface area contributed by atoms with Crippen molar-refractivity contribution in [2.75, 3.05) is 17.1 Å². The average Bonchev–Trinajstić information content (AvgIpc) is 2.64. The summed E-state index contributed by atoms with van der Waals surface area (Å²) in [5.74, 6) is -0.184. The maximum absolute atomic E-state index is 12.7. The van der Waals surface area contributed by atoms with Crippen molar-refractivity contribution in [1.29, 1.82) is 0 Å². The highest BCUT2D eigenvalue weighted by Gasteiger charge is 2.25. The Morgan fingerprint density at radius 1 is 1.07 bits per heavy atom. The molecular weight excluding hydrogens is 372 g/mol. The predicted molar refractivity (Wildman–Crippen MR) is 115 cm³/mol. The molecule has 0 saturated carbocycles. The normalized spacial score (nSPS) is 12.6. The Balaban J connectivity index is 2.26. The fourth-order valence-electron chi connectivity index (χ4n) is 3.17. The van der Waals surface area contributed by atoms with E-state index in [1.165, 1.54) is 4.31 Å². The van der Waals surface area contributed by atoms with Gasteiger partial charge in [0.1, 0.15) is 6.54 Å². The van der Waals surface area contributed by atoms with Crippen molar-refractivity contribution in [3.05, 3.63) is 65.2 Å². The zero-order chi connectivity index (χ0) is 20.9. The quantitative estimate of drug-likeness (QED) is 0.721. The van der Waals surface area contributed by atoms with E-state index in [4.69, 9.17) is 0 Å². The zero-order valence-electron chi connectivity index (χ0n) is 17.3. The van der Waals surface area contributed by atoms with Gasteiger partial charge in [-0.15, -0.1) is 0 Å². The minimum absolute atomic E-state index is 0.138. The van der Waals surface area contributed by atoms with Crippen LogP contribution in [0.25, 0.3) is 0 Å². The second-order valence-corrected chi connectivity index (χ2v) is 9.33. The number of benzene rings is 2. The highest BCUT2D eigenvalue weighted by atomic mass is 32.2. The molecule has 6 heteroatoms. The third-order valence-electron chi connectivity index (χ3n) is 4.74. The predicted octanol–water partition coefficient (Wildman–Crippen LogP) is 4.15. The van der Waals surface area contributed by atoms with Crippen LogP contribution in [0.5, 0.6) is 0 Å². The lowest BCUT2D eigenvalue weighted by atomic mass is 10.0. The molecule has 0 aliphatic rings. The van der Waals surface area contributed by atoms with Crippen molar-refractivity contribution >= 4 is 21.6 Å². The molecule has 0 saturated heterocycles. The Morgan fingerprint density at radius 2 is 1.68 bits per heavy atom. The van der Waals surface area contributed by atoms with Gasteiger partial charge in [-0.3, -0.25) is 9.10 Å². The highest BCUT2D eigenvalue weighted by Crippen LogP contribution is 2.29. The van der Waals surface area contributed by atoms with Crippen LogP contribution in [0.1, 0.15) is 55.8 Å². The lowest BCUT2D eigenvalue weighted by Crippen LogP contribution is -2.42. The van der Waals surface area contributed by atoms with Gasteiger partial charge in [-0.2, -0.15) is 0 Å². The van der Waals surface area contributed by atoms with Crippen LogP contribution in [0.2, 0.25) is 0 Å². The van der Waals surface area contributed by atoms with E-state index in [1.807, 2.05) is 64.1 Å². The first-order valence-electron chi connectivity index (χ1n) is 9.56. The number of aryl methyl sites for hydroxylation is 1. The summed E-state index contributed by atoms with van der Waals surface area (Å²) in [6.45, 7) is 7.77. The van der Waals surface area contributed by atoms with Gasteiger partial charge in [0.25, 0.3) is 0 Å². The molecule has 0 aromatic heterocycles. The summed E-state index contributed by atoms with van der Waals surface area (Å²) in [7, 11) is -3.61. The fourth-order valence-corrected chi connectivity index (χ4v) is 4.05. The van der Waals surface area contributed by atoms with Crippen LogP contribution in [0.3, 0.4) is 0 Å². The van der Waals surface area contributed by atoms with E-state index in [0.717, 1.165) is 29.4 Å². The minimum atomic E-state index is -3.61. The first kappa shape index (κ1) is 22.0. The molecule has 5 nitrogen and oxygen atoms in total. The van der Waals surface area contributed by atoms with Crippen LogP contribution in [0.4, 0.5) is 5.69 Å². The van der Waals surface area contributed by atoms with Gasteiger partial charge in [0.05, 0.1) is 18.0 Å². The minimum Gasteiger partial charge on any atom is -0.348 e. The molecule has 0 bridgehead atoms. The molecule has 1 N–H and O–H groups in total. The van der Waals surface area contributed by atoms with Gasteiger partial charge in [-0.05, 0) is 36.5 Å². The van der Waals surface area contributed by atoms with E-state index < -0.39 is 10.0 Å². The van der Waals surface area contributed by atoms with Crippen LogP contribution < -0.4 is 9.62 Å². The number of sulfonamides is 1. The average molecular weight is 403 g/mol. The largest absolute Gasteiger partial charge is 0.348 e. The highest BCUT2D eigenvalue weighted by molar-refractivity contribution is 7.92. The lowest BCUT2D eigenvalue weighted by molar-refractivity contribution is -0.120. The number of hydrogen-bond donors (Lipinski definition) is 1. The summed E-state index contributed by atoms with van der Waals surface area (Å²) < 4.78 is 26.1.